The maximum absolute atomic E-state index is 13.0. The third-order valence-corrected chi connectivity index (χ3v) is 6.37. The van der Waals surface area contributed by atoms with E-state index in [1.807, 2.05) is 39.9 Å². The molecule has 2 aromatic heterocycles. The first-order valence-electron chi connectivity index (χ1n) is 10.2. The number of fused-ring (bicyclic) bond motifs is 5. The third kappa shape index (κ3) is 3.12. The number of likely N-dealkylation sites (tertiary alicyclic amines) is 1. The number of pyridine rings is 1. The van der Waals surface area contributed by atoms with Gasteiger partial charge in [-0.15, -0.1) is 0 Å². The van der Waals surface area contributed by atoms with Crippen molar-refractivity contribution in [2.75, 3.05) is 20.2 Å². The van der Waals surface area contributed by atoms with Crippen molar-refractivity contribution in [2.45, 2.75) is 31.8 Å². The second-order valence-electron chi connectivity index (χ2n) is 8.15. The van der Waals surface area contributed by atoms with Crippen LogP contribution in [0.2, 0.25) is 0 Å². The Kier molecular flexibility index (Phi) is 4.42. The molecule has 0 spiro atoms. The number of nitrogens with zero attached hydrogens (tertiary/aromatic N) is 3. The fourth-order valence-electron chi connectivity index (χ4n) is 5.05. The van der Waals surface area contributed by atoms with Gasteiger partial charge in [-0.2, -0.15) is 0 Å². The van der Waals surface area contributed by atoms with E-state index in [0.717, 1.165) is 35.3 Å². The van der Waals surface area contributed by atoms with Crippen LogP contribution < -0.4 is 10.3 Å². The molecule has 0 saturated carbocycles. The molecule has 1 saturated heterocycles. The summed E-state index contributed by atoms with van der Waals surface area (Å²) in [5.41, 5.74) is 2.18. The Morgan fingerprint density at radius 3 is 2.83 bits per heavy atom. The van der Waals surface area contributed by atoms with Crippen LogP contribution in [0.5, 0.6) is 5.75 Å². The summed E-state index contributed by atoms with van der Waals surface area (Å²) in [5, 5.41) is 1.12. The quantitative estimate of drug-likeness (QED) is 0.687. The molecule has 1 aromatic carbocycles. The summed E-state index contributed by atoms with van der Waals surface area (Å²) in [5.74, 6) is 1.63. The number of ether oxygens (including phenoxy) is 1. The van der Waals surface area contributed by atoms with Gasteiger partial charge in [-0.3, -0.25) is 9.59 Å². The van der Waals surface area contributed by atoms with E-state index < -0.39 is 0 Å². The summed E-state index contributed by atoms with van der Waals surface area (Å²) >= 11 is 0. The summed E-state index contributed by atoms with van der Waals surface area (Å²) < 4.78 is 9.50. The summed E-state index contributed by atoms with van der Waals surface area (Å²) in [6.45, 7) is 2.79. The molecule has 2 bridgehead atoms. The van der Waals surface area contributed by atoms with Gasteiger partial charge in [0.05, 0.1) is 12.6 Å². The Balaban J connectivity index is 1.31. The average molecular weight is 391 g/mol. The van der Waals surface area contributed by atoms with Crippen molar-refractivity contribution >= 4 is 16.8 Å². The van der Waals surface area contributed by atoms with Crippen molar-refractivity contribution in [3.05, 3.63) is 64.7 Å². The van der Waals surface area contributed by atoms with Gasteiger partial charge in [0.2, 0.25) is 5.91 Å². The SMILES string of the molecule is COc1cccc2ccn(CCC(=O)N3CC4CC(C3)c3cccc(=O)n3C4)c12. The van der Waals surface area contributed by atoms with Crippen LogP contribution in [0.1, 0.15) is 24.5 Å². The van der Waals surface area contributed by atoms with Crippen LogP contribution in [-0.4, -0.2) is 40.1 Å². The van der Waals surface area contributed by atoms with Gasteiger partial charge >= 0.3 is 0 Å². The zero-order valence-corrected chi connectivity index (χ0v) is 16.6. The van der Waals surface area contributed by atoms with Gasteiger partial charge in [0.1, 0.15) is 5.75 Å². The van der Waals surface area contributed by atoms with Crippen molar-refractivity contribution in [3.63, 3.8) is 0 Å². The Hall–Kier alpha value is -3.02. The Morgan fingerprint density at radius 2 is 1.97 bits per heavy atom. The number of rotatable bonds is 4. The van der Waals surface area contributed by atoms with Crippen LogP contribution in [0.25, 0.3) is 10.9 Å². The second kappa shape index (κ2) is 7.10. The highest BCUT2D eigenvalue weighted by molar-refractivity contribution is 5.86. The van der Waals surface area contributed by atoms with Crippen LogP contribution in [0.15, 0.2) is 53.5 Å². The number of amides is 1. The van der Waals surface area contributed by atoms with Crippen LogP contribution in [-0.2, 0) is 17.9 Å². The lowest BCUT2D eigenvalue weighted by molar-refractivity contribution is -0.134. The molecule has 2 aliphatic rings. The first kappa shape index (κ1) is 18.0. The van der Waals surface area contributed by atoms with E-state index in [-0.39, 0.29) is 17.4 Å². The lowest BCUT2D eigenvalue weighted by atomic mass is 9.83. The molecule has 29 heavy (non-hydrogen) atoms. The molecule has 3 aromatic rings. The van der Waals surface area contributed by atoms with E-state index in [0.29, 0.717) is 32.0 Å². The van der Waals surface area contributed by atoms with E-state index in [1.54, 1.807) is 13.2 Å². The standard InChI is InChI=1S/C23H25N3O3/c1-29-20-6-2-4-17-8-10-24(23(17)20)11-9-21(27)25-13-16-12-18(15-25)19-5-3-7-22(28)26(19)14-16/h2-8,10,16,18H,9,11-15H2,1H3. The predicted octanol–water partition coefficient (Wildman–Crippen LogP) is 2.85. The number of piperidine rings is 1. The van der Waals surface area contributed by atoms with Crippen molar-refractivity contribution in [1.82, 2.24) is 14.0 Å². The molecule has 6 nitrogen and oxygen atoms in total. The summed E-state index contributed by atoms with van der Waals surface area (Å²) in [6, 6.07) is 13.5. The Morgan fingerprint density at radius 1 is 1.10 bits per heavy atom. The van der Waals surface area contributed by atoms with E-state index in [1.165, 1.54) is 0 Å². The number of hydrogen-bond acceptors (Lipinski definition) is 3. The zero-order valence-electron chi connectivity index (χ0n) is 16.6. The maximum Gasteiger partial charge on any atom is 0.250 e. The van der Waals surface area contributed by atoms with Gasteiger partial charge < -0.3 is 18.8 Å². The first-order chi connectivity index (χ1) is 14.1. The van der Waals surface area contributed by atoms with Gasteiger partial charge in [-0.1, -0.05) is 18.2 Å². The van der Waals surface area contributed by atoms with Crippen LogP contribution in [0.3, 0.4) is 0 Å². The molecule has 2 aliphatic heterocycles. The maximum atomic E-state index is 13.0. The summed E-state index contributed by atoms with van der Waals surface area (Å²) in [6.07, 6.45) is 3.55. The largest absolute Gasteiger partial charge is 0.495 e. The second-order valence-corrected chi connectivity index (χ2v) is 8.15. The normalized spacial score (nSPS) is 20.5. The molecule has 2 atom stereocenters. The summed E-state index contributed by atoms with van der Waals surface area (Å²) in [7, 11) is 1.67. The summed E-state index contributed by atoms with van der Waals surface area (Å²) in [4.78, 5) is 27.2. The molecule has 0 aliphatic carbocycles. The lowest BCUT2D eigenvalue weighted by Crippen LogP contribution is -2.49. The van der Waals surface area contributed by atoms with Crippen molar-refractivity contribution < 1.29 is 9.53 Å². The van der Waals surface area contributed by atoms with Crippen molar-refractivity contribution in [3.8, 4) is 5.75 Å². The van der Waals surface area contributed by atoms with Gasteiger partial charge in [-0.05, 0) is 30.5 Å². The molecule has 0 N–H and O–H groups in total. The van der Waals surface area contributed by atoms with Crippen molar-refractivity contribution in [1.29, 1.82) is 0 Å². The number of carbonyl (C=O) groups excluding carboxylic acids is 1. The van der Waals surface area contributed by atoms with Gasteiger partial charge in [0.25, 0.3) is 5.56 Å². The van der Waals surface area contributed by atoms with Crippen LogP contribution in [0.4, 0.5) is 0 Å². The fraction of sp³-hybridized carbons (Fsp3) is 0.391. The zero-order chi connectivity index (χ0) is 20.0. The number of hydrogen-bond donors (Lipinski definition) is 0. The Labute approximate surface area is 169 Å². The molecule has 1 fully saturated rings. The van der Waals surface area contributed by atoms with Crippen LogP contribution >= 0.6 is 0 Å². The van der Waals surface area contributed by atoms with Gasteiger partial charge in [0.15, 0.2) is 0 Å². The molecular weight excluding hydrogens is 366 g/mol. The topological polar surface area (TPSA) is 56.5 Å². The minimum Gasteiger partial charge on any atom is -0.495 e. The number of carbonyl (C=O) groups is 1. The minimum absolute atomic E-state index is 0.0745. The molecule has 5 rings (SSSR count). The molecule has 4 heterocycles. The van der Waals surface area contributed by atoms with E-state index in [2.05, 4.69) is 16.7 Å². The molecule has 150 valence electrons. The number of methoxy groups -OCH3 is 1. The fourth-order valence-corrected chi connectivity index (χ4v) is 5.05. The van der Waals surface area contributed by atoms with Gasteiger partial charge in [0, 0.05) is 61.9 Å². The molecule has 1 amide bonds. The van der Waals surface area contributed by atoms with Crippen molar-refractivity contribution in [2.24, 2.45) is 5.92 Å². The number of aromatic nitrogens is 2. The van der Waals surface area contributed by atoms with E-state index >= 15 is 0 Å². The molecule has 0 radical (unpaired) electrons. The van der Waals surface area contributed by atoms with E-state index in [4.69, 9.17) is 4.74 Å². The molecule has 6 heteroatoms. The van der Waals surface area contributed by atoms with E-state index in [9.17, 15) is 9.59 Å². The van der Waals surface area contributed by atoms with Gasteiger partial charge in [-0.25, -0.2) is 0 Å². The minimum atomic E-state index is 0.0745. The number of aryl methyl sites for hydroxylation is 1. The highest BCUT2D eigenvalue weighted by Crippen LogP contribution is 2.35. The lowest BCUT2D eigenvalue weighted by Gasteiger charge is -2.42. The molecular formula is C23H25N3O3. The predicted molar refractivity (Wildman–Crippen MR) is 111 cm³/mol. The third-order valence-electron chi connectivity index (χ3n) is 6.37. The number of benzene rings is 1. The number of para-hydroxylation sites is 1. The monoisotopic (exact) mass is 391 g/mol. The smallest absolute Gasteiger partial charge is 0.250 e. The highest BCUT2D eigenvalue weighted by atomic mass is 16.5. The average Bonchev–Trinajstić information content (AvgIpc) is 3.16. The Bertz CT molecular complexity index is 1130. The first-order valence-corrected chi connectivity index (χ1v) is 10.2. The van der Waals surface area contributed by atoms with Crippen LogP contribution in [0, 0.1) is 5.92 Å². The molecule has 2 unspecified atom stereocenters. The highest BCUT2D eigenvalue weighted by Gasteiger charge is 2.36.